The van der Waals surface area contributed by atoms with Crippen LogP contribution in [0.4, 0.5) is 0 Å². The lowest BCUT2D eigenvalue weighted by Gasteiger charge is -2.28. The van der Waals surface area contributed by atoms with E-state index in [9.17, 15) is 0 Å². The molecule has 0 N–H and O–H groups in total. The summed E-state index contributed by atoms with van der Waals surface area (Å²) in [6, 6.07) is 17.3. The molecule has 0 spiro atoms. The molecule has 1 aliphatic rings. The minimum Gasteiger partial charge on any atom is -0.497 e. The number of nitrogens with zero attached hydrogens (tertiary/aromatic N) is 2. The molecule has 0 amide bonds. The van der Waals surface area contributed by atoms with Gasteiger partial charge in [-0.25, -0.2) is 0 Å². The first-order chi connectivity index (χ1) is 12.3. The molecule has 4 rings (SSSR count). The molecule has 1 fully saturated rings. The number of hydrogen-bond donors (Lipinski definition) is 0. The summed E-state index contributed by atoms with van der Waals surface area (Å²) in [7, 11) is 1.63. The summed E-state index contributed by atoms with van der Waals surface area (Å²) in [5.41, 5.74) is 1.84. The Labute approximate surface area is 145 Å². The zero-order chi connectivity index (χ0) is 17.1. The third-order valence-corrected chi connectivity index (χ3v) is 4.07. The lowest BCUT2D eigenvalue weighted by molar-refractivity contribution is -0.225. The van der Waals surface area contributed by atoms with Crippen molar-refractivity contribution in [2.75, 3.05) is 13.7 Å². The van der Waals surface area contributed by atoms with E-state index in [1.54, 1.807) is 7.11 Å². The fourth-order valence-corrected chi connectivity index (χ4v) is 2.73. The Morgan fingerprint density at radius 2 is 1.84 bits per heavy atom. The summed E-state index contributed by atoms with van der Waals surface area (Å²) in [6.45, 7) is 0.574. The predicted octanol–water partition coefficient (Wildman–Crippen LogP) is 3.92. The quantitative estimate of drug-likeness (QED) is 0.718. The number of ether oxygens (including phenoxy) is 3. The lowest BCUT2D eigenvalue weighted by Crippen LogP contribution is -2.21. The van der Waals surface area contributed by atoms with Gasteiger partial charge in [-0.2, -0.15) is 4.98 Å². The first-order valence-electron chi connectivity index (χ1n) is 8.13. The van der Waals surface area contributed by atoms with Crippen LogP contribution in [0.3, 0.4) is 0 Å². The normalized spacial score (nSPS) is 20.4. The first-order valence-corrected chi connectivity index (χ1v) is 8.13. The van der Waals surface area contributed by atoms with Gasteiger partial charge in [0.25, 0.3) is 5.89 Å². The van der Waals surface area contributed by atoms with Crippen LogP contribution in [0.1, 0.15) is 30.3 Å². The van der Waals surface area contributed by atoms with Crippen molar-refractivity contribution in [2.24, 2.45) is 0 Å². The molecule has 128 valence electrons. The van der Waals surface area contributed by atoms with E-state index in [1.807, 2.05) is 54.6 Å². The Morgan fingerprint density at radius 3 is 2.60 bits per heavy atom. The fraction of sp³-hybridized carbons (Fsp3) is 0.263. The highest BCUT2D eigenvalue weighted by molar-refractivity contribution is 5.55. The van der Waals surface area contributed by atoms with Gasteiger partial charge in [-0.3, -0.25) is 0 Å². The maximum Gasteiger partial charge on any atom is 0.256 e. The number of rotatable bonds is 4. The molecule has 0 saturated carbocycles. The molecular weight excluding hydrogens is 320 g/mol. The highest BCUT2D eigenvalue weighted by Gasteiger charge is 2.29. The van der Waals surface area contributed by atoms with Crippen molar-refractivity contribution in [1.82, 2.24) is 10.1 Å². The highest BCUT2D eigenvalue weighted by atomic mass is 16.7. The van der Waals surface area contributed by atoms with Crippen LogP contribution in [0.25, 0.3) is 11.4 Å². The lowest BCUT2D eigenvalue weighted by atomic mass is 10.2. The Hall–Kier alpha value is -2.70. The summed E-state index contributed by atoms with van der Waals surface area (Å²) in [6.07, 6.45) is -0.0251. The third kappa shape index (κ3) is 3.40. The van der Waals surface area contributed by atoms with Crippen molar-refractivity contribution in [3.05, 3.63) is 66.1 Å². The second-order valence-electron chi connectivity index (χ2n) is 5.71. The van der Waals surface area contributed by atoms with Gasteiger partial charge in [-0.1, -0.05) is 35.5 Å². The van der Waals surface area contributed by atoms with E-state index in [0.717, 1.165) is 16.9 Å². The van der Waals surface area contributed by atoms with Gasteiger partial charge in [0.15, 0.2) is 6.29 Å². The van der Waals surface area contributed by atoms with Crippen LogP contribution < -0.4 is 4.74 Å². The molecule has 2 atom stereocenters. The van der Waals surface area contributed by atoms with Crippen LogP contribution in [0.5, 0.6) is 5.75 Å². The molecule has 1 aromatic heterocycles. The van der Waals surface area contributed by atoms with Gasteiger partial charge in [0.05, 0.1) is 13.7 Å². The molecule has 1 saturated heterocycles. The Kier molecular flexibility index (Phi) is 4.45. The van der Waals surface area contributed by atoms with Gasteiger partial charge in [0.1, 0.15) is 11.9 Å². The second-order valence-corrected chi connectivity index (χ2v) is 5.71. The van der Waals surface area contributed by atoms with Gasteiger partial charge in [-0.05, 0) is 24.3 Å². The summed E-state index contributed by atoms with van der Waals surface area (Å²) >= 11 is 0. The van der Waals surface area contributed by atoms with Crippen molar-refractivity contribution < 1.29 is 18.7 Å². The van der Waals surface area contributed by atoms with Crippen molar-refractivity contribution >= 4 is 0 Å². The highest BCUT2D eigenvalue weighted by Crippen LogP contribution is 2.34. The molecule has 0 bridgehead atoms. The monoisotopic (exact) mass is 338 g/mol. The van der Waals surface area contributed by atoms with Gasteiger partial charge in [0.2, 0.25) is 5.82 Å². The van der Waals surface area contributed by atoms with Crippen LogP contribution >= 0.6 is 0 Å². The fourth-order valence-electron chi connectivity index (χ4n) is 2.73. The standard InChI is InChI=1S/C19H18N2O4/c1-22-15-9-7-13(8-10-15)17-20-18(25-21-17)16-11-12-23-19(24-16)14-5-3-2-4-6-14/h2-10,16,19H,11-12H2,1H3. The summed E-state index contributed by atoms with van der Waals surface area (Å²) in [5.74, 6) is 1.78. The zero-order valence-electron chi connectivity index (χ0n) is 13.8. The number of hydrogen-bond acceptors (Lipinski definition) is 6. The first kappa shape index (κ1) is 15.8. The van der Waals surface area contributed by atoms with E-state index in [0.29, 0.717) is 24.7 Å². The van der Waals surface area contributed by atoms with E-state index < -0.39 is 6.29 Å². The van der Waals surface area contributed by atoms with Crippen LogP contribution in [0, 0.1) is 0 Å². The number of benzene rings is 2. The van der Waals surface area contributed by atoms with Crippen molar-refractivity contribution in [1.29, 1.82) is 0 Å². The maximum absolute atomic E-state index is 6.01. The second kappa shape index (κ2) is 7.04. The largest absolute Gasteiger partial charge is 0.497 e. The molecule has 0 radical (unpaired) electrons. The summed E-state index contributed by atoms with van der Waals surface area (Å²) in [4.78, 5) is 4.49. The van der Waals surface area contributed by atoms with Crippen molar-refractivity contribution in [2.45, 2.75) is 18.8 Å². The van der Waals surface area contributed by atoms with E-state index in [1.165, 1.54) is 0 Å². The Balaban J connectivity index is 1.51. The molecule has 2 heterocycles. The van der Waals surface area contributed by atoms with Gasteiger partial charge in [-0.15, -0.1) is 0 Å². The molecular formula is C19H18N2O4. The van der Waals surface area contributed by atoms with Crippen LogP contribution in [0.15, 0.2) is 59.1 Å². The smallest absolute Gasteiger partial charge is 0.256 e. The van der Waals surface area contributed by atoms with Crippen LogP contribution in [-0.4, -0.2) is 23.9 Å². The Morgan fingerprint density at radius 1 is 1.04 bits per heavy atom. The zero-order valence-corrected chi connectivity index (χ0v) is 13.8. The molecule has 2 aromatic carbocycles. The minimum atomic E-state index is -0.420. The molecule has 0 aliphatic carbocycles. The Bertz CT molecular complexity index is 817. The number of methoxy groups -OCH3 is 1. The van der Waals surface area contributed by atoms with Crippen LogP contribution in [0.2, 0.25) is 0 Å². The molecule has 6 nitrogen and oxygen atoms in total. The summed E-state index contributed by atoms with van der Waals surface area (Å²) < 4.78 is 22.3. The van der Waals surface area contributed by atoms with Gasteiger partial charge in [0, 0.05) is 17.5 Å². The van der Waals surface area contributed by atoms with Crippen molar-refractivity contribution in [3.63, 3.8) is 0 Å². The average molecular weight is 338 g/mol. The molecule has 1 aliphatic heterocycles. The molecule has 6 heteroatoms. The van der Waals surface area contributed by atoms with Crippen LogP contribution in [-0.2, 0) is 9.47 Å². The molecule has 25 heavy (non-hydrogen) atoms. The maximum atomic E-state index is 6.01. The van der Waals surface area contributed by atoms with E-state index in [2.05, 4.69) is 10.1 Å². The van der Waals surface area contributed by atoms with E-state index in [4.69, 9.17) is 18.7 Å². The SMILES string of the molecule is COc1ccc(-c2noc(C3CCOC(c4ccccc4)O3)n2)cc1. The molecule has 3 aromatic rings. The minimum absolute atomic E-state index is 0.279. The van der Waals surface area contributed by atoms with Crippen molar-refractivity contribution in [3.8, 4) is 17.1 Å². The van der Waals surface area contributed by atoms with Gasteiger partial charge >= 0.3 is 0 Å². The molecule has 2 unspecified atom stereocenters. The van der Waals surface area contributed by atoms with E-state index in [-0.39, 0.29) is 6.10 Å². The average Bonchev–Trinajstić information content (AvgIpc) is 3.19. The number of aromatic nitrogens is 2. The van der Waals surface area contributed by atoms with Gasteiger partial charge < -0.3 is 18.7 Å². The van der Waals surface area contributed by atoms with E-state index >= 15 is 0 Å². The predicted molar refractivity (Wildman–Crippen MR) is 89.9 cm³/mol. The third-order valence-electron chi connectivity index (χ3n) is 4.07. The topological polar surface area (TPSA) is 66.6 Å². The summed E-state index contributed by atoms with van der Waals surface area (Å²) in [5, 5.41) is 4.07.